The molecular weight excluding hydrogens is 196 g/mol. The van der Waals surface area contributed by atoms with Gasteiger partial charge in [-0.25, -0.2) is 0 Å². The molecule has 0 amide bonds. The van der Waals surface area contributed by atoms with Gasteiger partial charge < -0.3 is 10.2 Å². The average molecular weight is 224 g/mol. The van der Waals surface area contributed by atoms with Gasteiger partial charge in [-0.1, -0.05) is 26.7 Å². The van der Waals surface area contributed by atoms with E-state index in [2.05, 4.69) is 24.1 Å². The van der Waals surface area contributed by atoms with E-state index >= 15 is 0 Å². The fourth-order valence-corrected chi connectivity index (χ4v) is 2.63. The van der Waals surface area contributed by atoms with Gasteiger partial charge in [0.05, 0.1) is 0 Å². The maximum absolute atomic E-state index is 3.60. The first-order chi connectivity index (χ1) is 7.74. The van der Waals surface area contributed by atoms with Crippen LogP contribution in [0.1, 0.15) is 39.5 Å². The van der Waals surface area contributed by atoms with Gasteiger partial charge in [0.15, 0.2) is 0 Å². The van der Waals surface area contributed by atoms with Crippen molar-refractivity contribution >= 4 is 0 Å². The van der Waals surface area contributed by atoms with Gasteiger partial charge in [0.25, 0.3) is 0 Å². The third-order valence-corrected chi connectivity index (χ3v) is 3.91. The zero-order chi connectivity index (χ0) is 11.4. The Labute approximate surface area is 101 Å². The van der Waals surface area contributed by atoms with Crippen LogP contribution in [0.3, 0.4) is 0 Å². The third kappa shape index (κ3) is 4.42. The maximum Gasteiger partial charge on any atom is 0.00223 e. The summed E-state index contributed by atoms with van der Waals surface area (Å²) < 4.78 is 0. The first kappa shape index (κ1) is 12.4. The van der Waals surface area contributed by atoms with E-state index in [1.807, 2.05) is 0 Å². The molecule has 0 aromatic carbocycles. The van der Waals surface area contributed by atoms with Crippen LogP contribution in [-0.2, 0) is 0 Å². The molecule has 0 aromatic rings. The van der Waals surface area contributed by atoms with Gasteiger partial charge in [-0.05, 0) is 56.8 Å². The van der Waals surface area contributed by atoms with E-state index in [-0.39, 0.29) is 0 Å². The Kier molecular flexibility index (Phi) is 4.66. The fraction of sp³-hybridized carbons (Fsp3) is 1.00. The summed E-state index contributed by atoms with van der Waals surface area (Å²) in [4.78, 5) is 2.68. The summed E-state index contributed by atoms with van der Waals surface area (Å²) in [6.45, 7) is 11.0. The van der Waals surface area contributed by atoms with Crippen LogP contribution < -0.4 is 5.32 Å². The summed E-state index contributed by atoms with van der Waals surface area (Å²) in [6.07, 6.45) is 5.89. The zero-order valence-corrected chi connectivity index (χ0v) is 11.0. The van der Waals surface area contributed by atoms with E-state index in [1.165, 1.54) is 58.4 Å². The summed E-state index contributed by atoms with van der Waals surface area (Å²) in [5, 5.41) is 3.60. The van der Waals surface area contributed by atoms with Gasteiger partial charge in [-0.15, -0.1) is 0 Å². The quantitative estimate of drug-likeness (QED) is 0.714. The Balaban J connectivity index is 1.52. The second-order valence-corrected chi connectivity index (χ2v) is 6.24. The second kappa shape index (κ2) is 6.02. The minimum absolute atomic E-state index is 0.785. The molecule has 16 heavy (non-hydrogen) atoms. The van der Waals surface area contributed by atoms with Crippen molar-refractivity contribution in [3.8, 4) is 0 Å². The van der Waals surface area contributed by atoms with Crippen LogP contribution in [0.15, 0.2) is 0 Å². The highest BCUT2D eigenvalue weighted by Crippen LogP contribution is 2.32. The second-order valence-electron chi connectivity index (χ2n) is 6.24. The molecule has 1 atom stereocenters. The Bertz CT molecular complexity index is 199. The number of hydrogen-bond acceptors (Lipinski definition) is 2. The van der Waals surface area contributed by atoms with E-state index in [0.717, 1.165) is 17.8 Å². The van der Waals surface area contributed by atoms with Gasteiger partial charge in [-0.3, -0.25) is 0 Å². The first-order valence-electron chi connectivity index (χ1n) is 7.17. The van der Waals surface area contributed by atoms with Crippen molar-refractivity contribution in [2.45, 2.75) is 39.5 Å². The van der Waals surface area contributed by atoms with E-state index in [9.17, 15) is 0 Å². The molecule has 2 fully saturated rings. The van der Waals surface area contributed by atoms with Gasteiger partial charge in [0.1, 0.15) is 0 Å². The third-order valence-electron chi connectivity index (χ3n) is 3.91. The summed E-state index contributed by atoms with van der Waals surface area (Å²) in [6, 6.07) is 0. The minimum atomic E-state index is 0.785. The Morgan fingerprint density at radius 3 is 2.69 bits per heavy atom. The molecule has 1 aliphatic carbocycles. The van der Waals surface area contributed by atoms with Crippen molar-refractivity contribution < 1.29 is 0 Å². The van der Waals surface area contributed by atoms with Crippen LogP contribution in [0.25, 0.3) is 0 Å². The molecule has 1 N–H and O–H groups in total. The lowest BCUT2D eigenvalue weighted by Gasteiger charge is -2.16. The van der Waals surface area contributed by atoms with Crippen molar-refractivity contribution in [1.29, 1.82) is 0 Å². The van der Waals surface area contributed by atoms with Gasteiger partial charge >= 0.3 is 0 Å². The Hall–Kier alpha value is -0.0800. The van der Waals surface area contributed by atoms with Gasteiger partial charge in [-0.2, -0.15) is 0 Å². The lowest BCUT2D eigenvalue weighted by molar-refractivity contribution is 0.310. The molecule has 2 rings (SSSR count). The van der Waals surface area contributed by atoms with Crippen LogP contribution in [0, 0.1) is 17.8 Å². The predicted octanol–water partition coefficient (Wildman–Crippen LogP) is 2.35. The lowest BCUT2D eigenvalue weighted by atomic mass is 10.1. The van der Waals surface area contributed by atoms with E-state index in [0.29, 0.717) is 0 Å². The largest absolute Gasteiger partial charge is 0.316 e. The van der Waals surface area contributed by atoms with E-state index in [4.69, 9.17) is 0 Å². The van der Waals surface area contributed by atoms with Crippen LogP contribution >= 0.6 is 0 Å². The number of rotatable bonds is 7. The maximum atomic E-state index is 3.60. The molecule has 0 aromatic heterocycles. The molecule has 0 bridgehead atoms. The van der Waals surface area contributed by atoms with Crippen LogP contribution in [-0.4, -0.2) is 37.6 Å². The van der Waals surface area contributed by atoms with Crippen molar-refractivity contribution in [2.75, 3.05) is 32.7 Å². The topological polar surface area (TPSA) is 15.3 Å². The summed E-state index contributed by atoms with van der Waals surface area (Å²) in [7, 11) is 0. The molecule has 1 saturated carbocycles. The Morgan fingerprint density at radius 2 is 2.00 bits per heavy atom. The van der Waals surface area contributed by atoms with Crippen molar-refractivity contribution in [3.63, 3.8) is 0 Å². The standard InChI is InChI=1S/C14H28N2/c1-12(2)9-15-10-14-6-8-16(11-14)7-5-13-3-4-13/h12-15H,3-11H2,1-2H3. The number of nitrogens with one attached hydrogen (secondary N) is 1. The van der Waals surface area contributed by atoms with Gasteiger partial charge in [0.2, 0.25) is 0 Å². The molecule has 2 aliphatic rings. The van der Waals surface area contributed by atoms with Crippen LogP contribution in [0.2, 0.25) is 0 Å². The predicted molar refractivity (Wildman–Crippen MR) is 69.6 cm³/mol. The smallest absolute Gasteiger partial charge is 0.00223 e. The highest BCUT2D eigenvalue weighted by Gasteiger charge is 2.25. The normalized spacial score (nSPS) is 26.8. The minimum Gasteiger partial charge on any atom is -0.316 e. The molecule has 0 spiro atoms. The van der Waals surface area contributed by atoms with E-state index < -0.39 is 0 Å². The van der Waals surface area contributed by atoms with Gasteiger partial charge in [0, 0.05) is 6.54 Å². The monoisotopic (exact) mass is 224 g/mol. The summed E-state index contributed by atoms with van der Waals surface area (Å²) >= 11 is 0. The SMILES string of the molecule is CC(C)CNCC1CCN(CCC2CC2)C1. The molecule has 94 valence electrons. The summed E-state index contributed by atoms with van der Waals surface area (Å²) in [5.41, 5.74) is 0. The molecule has 2 heteroatoms. The van der Waals surface area contributed by atoms with Crippen LogP contribution in [0.5, 0.6) is 0 Å². The number of likely N-dealkylation sites (tertiary alicyclic amines) is 1. The first-order valence-corrected chi connectivity index (χ1v) is 7.17. The van der Waals surface area contributed by atoms with Crippen molar-refractivity contribution in [2.24, 2.45) is 17.8 Å². The zero-order valence-electron chi connectivity index (χ0n) is 11.0. The molecule has 1 unspecified atom stereocenters. The fourth-order valence-electron chi connectivity index (χ4n) is 2.63. The Morgan fingerprint density at radius 1 is 1.19 bits per heavy atom. The number of nitrogens with zero attached hydrogens (tertiary/aromatic N) is 1. The molecule has 0 radical (unpaired) electrons. The van der Waals surface area contributed by atoms with Crippen molar-refractivity contribution in [1.82, 2.24) is 10.2 Å². The molecule has 1 heterocycles. The van der Waals surface area contributed by atoms with Crippen molar-refractivity contribution in [3.05, 3.63) is 0 Å². The molecule has 1 saturated heterocycles. The lowest BCUT2D eigenvalue weighted by Crippen LogP contribution is -2.29. The highest BCUT2D eigenvalue weighted by molar-refractivity contribution is 4.80. The highest BCUT2D eigenvalue weighted by atomic mass is 15.1. The summed E-state index contributed by atoms with van der Waals surface area (Å²) in [5.74, 6) is 2.79. The molecule has 2 nitrogen and oxygen atoms in total. The van der Waals surface area contributed by atoms with E-state index in [1.54, 1.807) is 0 Å². The molecular formula is C14H28N2. The van der Waals surface area contributed by atoms with Crippen LogP contribution in [0.4, 0.5) is 0 Å². The molecule has 1 aliphatic heterocycles. The number of hydrogen-bond donors (Lipinski definition) is 1. The average Bonchev–Trinajstić information content (AvgIpc) is 2.96.